The maximum atomic E-state index is 11.8. The predicted molar refractivity (Wildman–Crippen MR) is 70.1 cm³/mol. The maximum absolute atomic E-state index is 11.8. The largest absolute Gasteiger partial charge is 0.293 e. The minimum atomic E-state index is 0.267. The molecule has 0 radical (unpaired) electrons. The van der Waals surface area contributed by atoms with E-state index in [9.17, 15) is 4.79 Å². The number of carbonyl (C=O) groups excluding carboxylic acids is 1. The molecule has 1 nitrogen and oxygen atoms in total. The van der Waals surface area contributed by atoms with Crippen molar-refractivity contribution in [3.63, 3.8) is 0 Å². The molecule has 0 aromatic heterocycles. The molecule has 0 atom stereocenters. The van der Waals surface area contributed by atoms with E-state index >= 15 is 0 Å². The van der Waals surface area contributed by atoms with Gasteiger partial charge in [0.1, 0.15) is 0 Å². The quantitative estimate of drug-likeness (QED) is 0.721. The molecular formula is C14H18OS. The van der Waals surface area contributed by atoms with E-state index in [1.165, 1.54) is 31.4 Å². The van der Waals surface area contributed by atoms with E-state index in [-0.39, 0.29) is 5.78 Å². The minimum Gasteiger partial charge on any atom is -0.293 e. The van der Waals surface area contributed by atoms with Crippen LogP contribution >= 0.6 is 11.8 Å². The maximum Gasteiger partial charge on any atom is 0.172 e. The van der Waals surface area contributed by atoms with Crippen LogP contribution in [0, 0.1) is 5.92 Å². The highest BCUT2D eigenvalue weighted by atomic mass is 32.2. The molecule has 1 saturated carbocycles. The Kier molecular flexibility index (Phi) is 4.46. The fourth-order valence-corrected chi connectivity index (χ4v) is 3.34. The van der Waals surface area contributed by atoms with Crippen LogP contribution in [0.3, 0.4) is 0 Å². The first kappa shape index (κ1) is 11.7. The van der Waals surface area contributed by atoms with Crippen molar-refractivity contribution in [3.05, 3.63) is 35.9 Å². The Bertz CT molecular complexity index is 328. The molecule has 1 fully saturated rings. The van der Waals surface area contributed by atoms with Crippen molar-refractivity contribution in [3.8, 4) is 0 Å². The smallest absolute Gasteiger partial charge is 0.172 e. The fourth-order valence-electron chi connectivity index (χ4n) is 2.20. The van der Waals surface area contributed by atoms with Crippen molar-refractivity contribution in [1.29, 1.82) is 0 Å². The van der Waals surface area contributed by atoms with Gasteiger partial charge in [0.15, 0.2) is 5.78 Å². The molecule has 0 saturated heterocycles. The van der Waals surface area contributed by atoms with Gasteiger partial charge in [-0.2, -0.15) is 11.8 Å². The van der Waals surface area contributed by atoms with Gasteiger partial charge in [0.05, 0.1) is 5.75 Å². The SMILES string of the molecule is O=C(CSCC1CCCC1)c1ccccc1. The van der Waals surface area contributed by atoms with Crippen LogP contribution < -0.4 is 0 Å². The first-order valence-corrected chi connectivity index (χ1v) is 7.18. The van der Waals surface area contributed by atoms with E-state index in [1.54, 1.807) is 11.8 Å². The summed E-state index contributed by atoms with van der Waals surface area (Å²) in [7, 11) is 0. The molecule has 2 rings (SSSR count). The zero-order valence-corrected chi connectivity index (χ0v) is 10.3. The zero-order chi connectivity index (χ0) is 11.2. The third kappa shape index (κ3) is 3.38. The lowest BCUT2D eigenvalue weighted by Crippen LogP contribution is -2.05. The third-order valence-electron chi connectivity index (χ3n) is 3.16. The lowest BCUT2D eigenvalue weighted by atomic mass is 10.1. The number of hydrogen-bond donors (Lipinski definition) is 0. The summed E-state index contributed by atoms with van der Waals surface area (Å²) in [5.41, 5.74) is 0.849. The molecule has 1 aromatic carbocycles. The number of hydrogen-bond acceptors (Lipinski definition) is 2. The number of ketones is 1. The normalized spacial score (nSPS) is 16.5. The second-order valence-electron chi connectivity index (χ2n) is 4.45. The van der Waals surface area contributed by atoms with Gasteiger partial charge >= 0.3 is 0 Å². The van der Waals surface area contributed by atoms with Gasteiger partial charge < -0.3 is 0 Å². The molecule has 0 aliphatic heterocycles. The molecule has 0 bridgehead atoms. The van der Waals surface area contributed by atoms with Crippen molar-refractivity contribution in [2.45, 2.75) is 25.7 Å². The van der Waals surface area contributed by atoms with Gasteiger partial charge in [-0.05, 0) is 24.5 Å². The summed E-state index contributed by atoms with van der Waals surface area (Å²) in [4.78, 5) is 11.8. The van der Waals surface area contributed by atoms with Crippen LogP contribution in [-0.4, -0.2) is 17.3 Å². The molecule has 0 unspecified atom stereocenters. The number of rotatable bonds is 5. The Morgan fingerprint density at radius 3 is 2.56 bits per heavy atom. The van der Waals surface area contributed by atoms with E-state index in [0.29, 0.717) is 5.75 Å². The molecule has 2 heteroatoms. The molecule has 86 valence electrons. The standard InChI is InChI=1S/C14H18OS/c15-14(13-8-2-1-3-9-13)11-16-10-12-6-4-5-7-12/h1-3,8-9,12H,4-7,10-11H2. The summed E-state index contributed by atoms with van der Waals surface area (Å²) in [5.74, 6) is 2.94. The van der Waals surface area contributed by atoms with E-state index in [0.717, 1.165) is 11.5 Å². The van der Waals surface area contributed by atoms with Crippen molar-refractivity contribution < 1.29 is 4.79 Å². The zero-order valence-electron chi connectivity index (χ0n) is 9.52. The van der Waals surface area contributed by atoms with Crippen LogP contribution in [0.4, 0.5) is 0 Å². The second kappa shape index (κ2) is 6.09. The van der Waals surface area contributed by atoms with Crippen LogP contribution in [0.5, 0.6) is 0 Å². The third-order valence-corrected chi connectivity index (χ3v) is 4.33. The van der Waals surface area contributed by atoms with Crippen LogP contribution in [0.1, 0.15) is 36.0 Å². The van der Waals surface area contributed by atoms with E-state index in [1.807, 2.05) is 30.3 Å². The summed E-state index contributed by atoms with van der Waals surface area (Å²) in [5, 5.41) is 0. The molecule has 1 aromatic rings. The number of Topliss-reactive ketones (excluding diaryl/α,β-unsaturated/α-hetero) is 1. The topological polar surface area (TPSA) is 17.1 Å². The summed E-state index contributed by atoms with van der Waals surface area (Å²) >= 11 is 1.80. The van der Waals surface area contributed by atoms with Crippen molar-refractivity contribution in [1.82, 2.24) is 0 Å². The van der Waals surface area contributed by atoms with Crippen molar-refractivity contribution in [2.75, 3.05) is 11.5 Å². The molecular weight excluding hydrogens is 216 g/mol. The molecule has 0 heterocycles. The number of carbonyl (C=O) groups is 1. The summed E-state index contributed by atoms with van der Waals surface area (Å²) in [6.07, 6.45) is 5.51. The average molecular weight is 234 g/mol. The number of thioether (sulfide) groups is 1. The second-order valence-corrected chi connectivity index (χ2v) is 5.49. The molecule has 0 spiro atoms. The lowest BCUT2D eigenvalue weighted by molar-refractivity contribution is 0.102. The van der Waals surface area contributed by atoms with Gasteiger partial charge in [0, 0.05) is 5.56 Å². The Morgan fingerprint density at radius 2 is 1.88 bits per heavy atom. The molecule has 0 N–H and O–H groups in total. The Balaban J connectivity index is 1.71. The van der Waals surface area contributed by atoms with Crippen molar-refractivity contribution in [2.24, 2.45) is 5.92 Å². The highest BCUT2D eigenvalue weighted by Crippen LogP contribution is 2.27. The summed E-state index contributed by atoms with van der Waals surface area (Å²) in [6, 6.07) is 9.60. The van der Waals surface area contributed by atoms with Crippen LogP contribution in [-0.2, 0) is 0 Å². The monoisotopic (exact) mass is 234 g/mol. The Morgan fingerprint density at radius 1 is 1.19 bits per heavy atom. The highest BCUT2D eigenvalue weighted by molar-refractivity contribution is 7.99. The van der Waals surface area contributed by atoms with Crippen LogP contribution in [0.2, 0.25) is 0 Å². The van der Waals surface area contributed by atoms with Gasteiger partial charge in [-0.3, -0.25) is 4.79 Å². The first-order chi connectivity index (χ1) is 7.86. The summed E-state index contributed by atoms with van der Waals surface area (Å²) < 4.78 is 0. The fraction of sp³-hybridized carbons (Fsp3) is 0.500. The molecule has 1 aliphatic carbocycles. The average Bonchev–Trinajstić information content (AvgIpc) is 2.83. The van der Waals surface area contributed by atoms with Gasteiger partial charge in [-0.25, -0.2) is 0 Å². The molecule has 0 amide bonds. The van der Waals surface area contributed by atoms with Gasteiger partial charge in [-0.15, -0.1) is 0 Å². The summed E-state index contributed by atoms with van der Waals surface area (Å²) in [6.45, 7) is 0. The van der Waals surface area contributed by atoms with Crippen LogP contribution in [0.25, 0.3) is 0 Å². The van der Waals surface area contributed by atoms with E-state index in [2.05, 4.69) is 0 Å². The van der Waals surface area contributed by atoms with E-state index in [4.69, 9.17) is 0 Å². The molecule has 1 aliphatic rings. The van der Waals surface area contributed by atoms with Crippen molar-refractivity contribution >= 4 is 17.5 Å². The Labute approximate surface area is 102 Å². The van der Waals surface area contributed by atoms with Gasteiger partial charge in [0.25, 0.3) is 0 Å². The minimum absolute atomic E-state index is 0.267. The Hall–Kier alpha value is -0.760. The van der Waals surface area contributed by atoms with E-state index < -0.39 is 0 Å². The lowest BCUT2D eigenvalue weighted by Gasteiger charge is -2.07. The van der Waals surface area contributed by atoms with Gasteiger partial charge in [0.2, 0.25) is 0 Å². The van der Waals surface area contributed by atoms with Crippen LogP contribution in [0.15, 0.2) is 30.3 Å². The molecule has 16 heavy (non-hydrogen) atoms. The number of benzene rings is 1. The predicted octanol–water partition coefficient (Wildman–Crippen LogP) is 3.79. The first-order valence-electron chi connectivity index (χ1n) is 6.02. The highest BCUT2D eigenvalue weighted by Gasteiger charge is 2.15. The van der Waals surface area contributed by atoms with Gasteiger partial charge in [-0.1, -0.05) is 43.2 Å².